The first-order chi connectivity index (χ1) is 17.3. The van der Waals surface area contributed by atoms with Crippen molar-refractivity contribution in [3.05, 3.63) is 87.9 Å². The van der Waals surface area contributed by atoms with Crippen LogP contribution in [0.4, 0.5) is 5.69 Å². The highest BCUT2D eigenvalue weighted by Gasteiger charge is 2.47. The monoisotopic (exact) mass is 504 g/mol. The predicted molar refractivity (Wildman–Crippen MR) is 133 cm³/mol. The number of hydrogen-bond donors (Lipinski definition) is 1. The van der Waals surface area contributed by atoms with Gasteiger partial charge >= 0.3 is 0 Å². The number of carbonyl (C=O) groups excluding carboxylic acids is 2. The molecule has 1 aliphatic rings. The Morgan fingerprint density at radius 1 is 0.917 bits per heavy atom. The van der Waals surface area contributed by atoms with Crippen LogP contribution >= 0.6 is 11.6 Å². The second-order valence-corrected chi connectivity index (χ2v) is 8.20. The van der Waals surface area contributed by atoms with Crippen molar-refractivity contribution in [1.29, 1.82) is 5.26 Å². The third-order valence-electron chi connectivity index (χ3n) is 5.87. The van der Waals surface area contributed by atoms with E-state index in [4.69, 9.17) is 31.1 Å². The highest BCUT2D eigenvalue weighted by atomic mass is 35.5. The van der Waals surface area contributed by atoms with E-state index in [2.05, 4.69) is 0 Å². The molecule has 182 valence electrons. The van der Waals surface area contributed by atoms with Crippen LogP contribution in [0.3, 0.4) is 0 Å². The topological polar surface area (TPSA) is 109 Å². The summed E-state index contributed by atoms with van der Waals surface area (Å²) < 4.78 is 16.0. The summed E-state index contributed by atoms with van der Waals surface area (Å²) in [6.07, 6.45) is 0. The molecule has 0 spiro atoms. The number of halogens is 1. The van der Waals surface area contributed by atoms with Gasteiger partial charge in [0.25, 0.3) is 11.7 Å². The van der Waals surface area contributed by atoms with Crippen molar-refractivity contribution < 1.29 is 28.9 Å². The van der Waals surface area contributed by atoms with E-state index in [1.165, 1.54) is 44.4 Å². The largest absolute Gasteiger partial charge is 0.507 e. The number of aliphatic hydroxyl groups is 1. The summed E-state index contributed by atoms with van der Waals surface area (Å²) >= 11 is 6.13. The Bertz CT molecular complexity index is 1430. The fourth-order valence-electron chi connectivity index (χ4n) is 4.10. The lowest BCUT2D eigenvalue weighted by Crippen LogP contribution is -2.29. The molecule has 0 aliphatic carbocycles. The molecule has 1 fully saturated rings. The number of Topliss-reactive ketones (excluding diaryl/α,β-unsaturated/α-hetero) is 1. The van der Waals surface area contributed by atoms with Gasteiger partial charge in [0.1, 0.15) is 11.5 Å². The van der Waals surface area contributed by atoms with E-state index in [9.17, 15) is 14.7 Å². The number of methoxy groups -OCH3 is 3. The maximum absolute atomic E-state index is 13.3. The molecule has 4 rings (SSSR count). The van der Waals surface area contributed by atoms with E-state index >= 15 is 0 Å². The maximum Gasteiger partial charge on any atom is 0.300 e. The summed E-state index contributed by atoms with van der Waals surface area (Å²) in [4.78, 5) is 27.9. The summed E-state index contributed by atoms with van der Waals surface area (Å²) in [5.74, 6) is -0.955. The lowest BCUT2D eigenvalue weighted by molar-refractivity contribution is -0.132. The first-order valence-electron chi connectivity index (χ1n) is 10.7. The van der Waals surface area contributed by atoms with Gasteiger partial charge in [0.15, 0.2) is 11.5 Å². The number of nitriles is 1. The van der Waals surface area contributed by atoms with Crippen molar-refractivity contribution >= 4 is 34.7 Å². The first-order valence-corrected chi connectivity index (χ1v) is 11.1. The zero-order chi connectivity index (χ0) is 26.0. The third kappa shape index (κ3) is 4.21. The molecule has 1 heterocycles. The number of ether oxygens (including phenoxy) is 3. The molecule has 0 saturated carbocycles. The summed E-state index contributed by atoms with van der Waals surface area (Å²) in [6, 6.07) is 16.8. The Kier molecular flexibility index (Phi) is 6.86. The molecule has 0 radical (unpaired) electrons. The number of rotatable bonds is 6. The van der Waals surface area contributed by atoms with Crippen molar-refractivity contribution in [3.63, 3.8) is 0 Å². The number of benzene rings is 3. The average Bonchev–Trinajstić information content (AvgIpc) is 3.18. The molecule has 1 N–H and O–H groups in total. The molecule has 1 unspecified atom stereocenters. The Morgan fingerprint density at radius 2 is 1.58 bits per heavy atom. The Labute approximate surface area is 212 Å². The maximum atomic E-state index is 13.3. The molecule has 9 heteroatoms. The number of ketones is 1. The summed E-state index contributed by atoms with van der Waals surface area (Å²) in [6.45, 7) is 0. The van der Waals surface area contributed by atoms with Gasteiger partial charge in [-0.05, 0) is 60.2 Å². The van der Waals surface area contributed by atoms with Crippen LogP contribution in [0.25, 0.3) is 5.76 Å². The van der Waals surface area contributed by atoms with E-state index in [0.29, 0.717) is 39.1 Å². The second kappa shape index (κ2) is 10.0. The normalized spacial score (nSPS) is 16.5. The van der Waals surface area contributed by atoms with Crippen LogP contribution in [-0.4, -0.2) is 38.1 Å². The highest BCUT2D eigenvalue weighted by Crippen LogP contribution is 2.44. The Morgan fingerprint density at radius 3 is 2.19 bits per heavy atom. The number of aliphatic hydroxyl groups excluding tert-OH is 1. The third-order valence-corrected chi connectivity index (χ3v) is 6.18. The van der Waals surface area contributed by atoms with Crippen LogP contribution in [0.5, 0.6) is 17.2 Å². The van der Waals surface area contributed by atoms with E-state index in [1.54, 1.807) is 42.5 Å². The fourth-order valence-corrected chi connectivity index (χ4v) is 4.29. The smallest absolute Gasteiger partial charge is 0.300 e. The van der Waals surface area contributed by atoms with Gasteiger partial charge in [-0.3, -0.25) is 14.5 Å². The molecule has 1 amide bonds. The number of nitrogens with zero attached hydrogens (tertiary/aromatic N) is 2. The molecule has 0 aromatic heterocycles. The van der Waals surface area contributed by atoms with E-state index in [1.807, 2.05) is 6.07 Å². The van der Waals surface area contributed by atoms with Gasteiger partial charge in [-0.15, -0.1) is 0 Å². The number of hydrogen-bond acceptors (Lipinski definition) is 7. The summed E-state index contributed by atoms with van der Waals surface area (Å²) in [7, 11) is 4.39. The van der Waals surface area contributed by atoms with Crippen molar-refractivity contribution in [2.24, 2.45) is 0 Å². The van der Waals surface area contributed by atoms with Gasteiger partial charge in [-0.1, -0.05) is 17.7 Å². The minimum Gasteiger partial charge on any atom is -0.507 e. The van der Waals surface area contributed by atoms with Crippen LogP contribution in [-0.2, 0) is 9.59 Å². The van der Waals surface area contributed by atoms with Crippen LogP contribution in [0, 0.1) is 11.3 Å². The van der Waals surface area contributed by atoms with Gasteiger partial charge in [0.2, 0.25) is 0 Å². The molecule has 3 aromatic carbocycles. The van der Waals surface area contributed by atoms with Gasteiger partial charge in [-0.25, -0.2) is 0 Å². The van der Waals surface area contributed by atoms with Gasteiger partial charge in [-0.2, -0.15) is 5.26 Å². The van der Waals surface area contributed by atoms with Gasteiger partial charge in [0.05, 0.1) is 49.6 Å². The molecule has 1 atom stereocenters. The number of amides is 1. The summed E-state index contributed by atoms with van der Waals surface area (Å²) in [5.41, 5.74) is 1.40. The molecule has 0 bridgehead atoms. The molecule has 1 saturated heterocycles. The Balaban J connectivity index is 1.97. The lowest BCUT2D eigenvalue weighted by atomic mass is 9.94. The molecule has 8 nitrogen and oxygen atoms in total. The van der Waals surface area contributed by atoms with Crippen LogP contribution < -0.4 is 19.1 Å². The summed E-state index contributed by atoms with van der Waals surface area (Å²) in [5, 5.41) is 20.8. The Hall–Kier alpha value is -4.48. The average molecular weight is 505 g/mol. The molecule has 3 aromatic rings. The van der Waals surface area contributed by atoms with Gasteiger partial charge < -0.3 is 19.3 Å². The quantitative estimate of drug-likeness (QED) is 0.290. The van der Waals surface area contributed by atoms with Crippen molar-refractivity contribution in [3.8, 4) is 23.3 Å². The minimum absolute atomic E-state index is 0.124. The molecule has 1 aliphatic heterocycles. The van der Waals surface area contributed by atoms with Crippen molar-refractivity contribution in [2.45, 2.75) is 6.04 Å². The fraction of sp³-hybridized carbons (Fsp3) is 0.148. The van der Waals surface area contributed by atoms with Crippen molar-refractivity contribution in [2.75, 3.05) is 26.2 Å². The number of anilines is 1. The van der Waals surface area contributed by atoms with E-state index in [0.717, 1.165) is 0 Å². The number of carbonyl (C=O) groups is 2. The first kappa shape index (κ1) is 24.6. The predicted octanol–water partition coefficient (Wildman–Crippen LogP) is 4.86. The zero-order valence-corrected chi connectivity index (χ0v) is 20.4. The van der Waals surface area contributed by atoms with E-state index in [-0.39, 0.29) is 16.9 Å². The van der Waals surface area contributed by atoms with Crippen LogP contribution in [0.15, 0.2) is 66.2 Å². The lowest BCUT2D eigenvalue weighted by Gasteiger charge is -2.26. The SMILES string of the molecule is COc1cc(/C(O)=C2/C(=O)C(=O)N(c3ccc(C#N)cc3)C2c2ccc(OC)c(OC)c2)ccc1Cl. The van der Waals surface area contributed by atoms with Gasteiger partial charge in [0, 0.05) is 11.3 Å². The standard InChI is InChI=1S/C27H21ClN2O6/c1-34-20-11-7-16(12-22(20)36-3)24-23(25(31)17-6-10-19(28)21(13-17)35-2)26(32)27(33)30(24)18-8-4-15(14-29)5-9-18/h4-13,24,31H,1-3H3/b25-23-. The van der Waals surface area contributed by atoms with Crippen LogP contribution in [0.2, 0.25) is 5.02 Å². The van der Waals surface area contributed by atoms with Crippen LogP contribution in [0.1, 0.15) is 22.7 Å². The molecular weight excluding hydrogens is 484 g/mol. The minimum atomic E-state index is -1.00. The van der Waals surface area contributed by atoms with Crippen molar-refractivity contribution in [1.82, 2.24) is 0 Å². The highest BCUT2D eigenvalue weighted by molar-refractivity contribution is 6.51. The molecular formula is C27H21ClN2O6. The zero-order valence-electron chi connectivity index (χ0n) is 19.6. The second-order valence-electron chi connectivity index (χ2n) is 7.79. The van der Waals surface area contributed by atoms with E-state index < -0.39 is 17.7 Å². The molecule has 36 heavy (non-hydrogen) atoms.